The lowest BCUT2D eigenvalue weighted by Crippen LogP contribution is -2.34. The molecular formula is C15H29N3OS. The van der Waals surface area contributed by atoms with Crippen molar-refractivity contribution in [3.05, 3.63) is 11.7 Å². The Balaban J connectivity index is 2.76. The molecule has 20 heavy (non-hydrogen) atoms. The maximum absolute atomic E-state index is 5.51. The van der Waals surface area contributed by atoms with E-state index in [1.807, 2.05) is 11.8 Å². The highest BCUT2D eigenvalue weighted by Gasteiger charge is 2.28. The maximum Gasteiger partial charge on any atom is 0.231 e. The van der Waals surface area contributed by atoms with Gasteiger partial charge in [0.25, 0.3) is 0 Å². The number of thioether (sulfide) groups is 1. The summed E-state index contributed by atoms with van der Waals surface area (Å²) in [6.45, 7) is 16.2. The summed E-state index contributed by atoms with van der Waals surface area (Å²) in [5.41, 5.74) is 0. The van der Waals surface area contributed by atoms with Crippen molar-refractivity contribution in [1.82, 2.24) is 15.5 Å². The Morgan fingerprint density at radius 3 is 2.40 bits per heavy atom. The highest BCUT2D eigenvalue weighted by molar-refractivity contribution is 7.99. The Labute approximate surface area is 127 Å². The molecule has 1 aromatic rings. The first-order chi connectivity index (χ1) is 9.24. The van der Waals surface area contributed by atoms with E-state index in [9.17, 15) is 0 Å². The van der Waals surface area contributed by atoms with Gasteiger partial charge in [-0.1, -0.05) is 46.7 Å². The van der Waals surface area contributed by atoms with E-state index in [0.717, 1.165) is 24.0 Å². The van der Waals surface area contributed by atoms with Gasteiger partial charge in [0, 0.05) is 10.8 Å². The van der Waals surface area contributed by atoms with Gasteiger partial charge in [0.15, 0.2) is 5.82 Å². The quantitative estimate of drug-likeness (QED) is 0.829. The lowest BCUT2D eigenvalue weighted by Gasteiger charge is -2.24. The molecule has 116 valence electrons. The molecule has 5 heteroatoms. The molecule has 0 aliphatic rings. The summed E-state index contributed by atoms with van der Waals surface area (Å²) in [6.07, 6.45) is 0. The molecular weight excluding hydrogens is 270 g/mol. The molecule has 1 rings (SSSR count). The number of nitrogens with zero attached hydrogens (tertiary/aromatic N) is 2. The van der Waals surface area contributed by atoms with E-state index in [1.54, 1.807) is 0 Å². The molecule has 1 heterocycles. The first-order valence-corrected chi connectivity index (χ1v) is 8.43. The molecule has 0 amide bonds. The number of hydrogen-bond acceptors (Lipinski definition) is 5. The fourth-order valence-corrected chi connectivity index (χ4v) is 2.95. The summed E-state index contributed by atoms with van der Waals surface area (Å²) in [4.78, 5) is 4.60. The standard InChI is InChI=1S/C15H29N3OS/c1-8-16-11(4)13(10(2)3)14-17-12(18-19-14)9-20-15(5,6)7/h10-11,13,16H,8-9H2,1-7H3. The van der Waals surface area contributed by atoms with E-state index in [-0.39, 0.29) is 10.7 Å². The van der Waals surface area contributed by atoms with Crippen LogP contribution >= 0.6 is 11.8 Å². The summed E-state index contributed by atoms with van der Waals surface area (Å²) in [5, 5.41) is 7.59. The lowest BCUT2D eigenvalue weighted by molar-refractivity contribution is 0.280. The Bertz CT molecular complexity index is 398. The Morgan fingerprint density at radius 2 is 1.90 bits per heavy atom. The average molecular weight is 299 g/mol. The maximum atomic E-state index is 5.51. The monoisotopic (exact) mass is 299 g/mol. The van der Waals surface area contributed by atoms with Gasteiger partial charge in [0.1, 0.15) is 0 Å². The SMILES string of the molecule is CCNC(C)C(c1nc(CSC(C)(C)C)no1)C(C)C. The number of aromatic nitrogens is 2. The normalized spacial score (nSPS) is 15.6. The summed E-state index contributed by atoms with van der Waals surface area (Å²) in [6, 6.07) is 0.337. The first-order valence-electron chi connectivity index (χ1n) is 7.44. The van der Waals surface area contributed by atoms with Crippen LogP contribution in [0.5, 0.6) is 0 Å². The third-order valence-corrected chi connectivity index (χ3v) is 4.45. The molecule has 1 aromatic heterocycles. The molecule has 0 saturated carbocycles. The van der Waals surface area contributed by atoms with Crippen LogP contribution in [0, 0.1) is 5.92 Å². The third kappa shape index (κ3) is 5.44. The lowest BCUT2D eigenvalue weighted by atomic mass is 9.89. The minimum atomic E-state index is 0.218. The molecule has 4 nitrogen and oxygen atoms in total. The van der Waals surface area contributed by atoms with E-state index in [1.165, 1.54) is 0 Å². The van der Waals surface area contributed by atoms with Crippen molar-refractivity contribution in [3.8, 4) is 0 Å². The van der Waals surface area contributed by atoms with Gasteiger partial charge in [0.2, 0.25) is 5.89 Å². The zero-order valence-electron chi connectivity index (χ0n) is 13.9. The molecule has 0 aliphatic heterocycles. The smallest absolute Gasteiger partial charge is 0.231 e. The molecule has 2 unspecified atom stereocenters. The van der Waals surface area contributed by atoms with Crippen molar-refractivity contribution in [2.75, 3.05) is 6.54 Å². The van der Waals surface area contributed by atoms with Crippen LogP contribution < -0.4 is 5.32 Å². The minimum absolute atomic E-state index is 0.218. The van der Waals surface area contributed by atoms with Crippen molar-refractivity contribution in [3.63, 3.8) is 0 Å². The highest BCUT2D eigenvalue weighted by atomic mass is 32.2. The van der Waals surface area contributed by atoms with Gasteiger partial charge in [-0.05, 0) is 19.4 Å². The van der Waals surface area contributed by atoms with Gasteiger partial charge >= 0.3 is 0 Å². The predicted molar refractivity (Wildman–Crippen MR) is 86.1 cm³/mol. The molecule has 0 spiro atoms. The molecule has 0 aliphatic carbocycles. The second-order valence-electron chi connectivity index (χ2n) is 6.57. The van der Waals surface area contributed by atoms with Crippen LogP contribution in [0.15, 0.2) is 4.52 Å². The fraction of sp³-hybridized carbons (Fsp3) is 0.867. The van der Waals surface area contributed by atoms with Gasteiger partial charge in [0.05, 0.1) is 11.7 Å². The Morgan fingerprint density at radius 1 is 1.25 bits per heavy atom. The number of hydrogen-bond donors (Lipinski definition) is 1. The zero-order chi connectivity index (χ0) is 15.3. The van der Waals surface area contributed by atoms with Crippen LogP contribution in [0.25, 0.3) is 0 Å². The van der Waals surface area contributed by atoms with Crippen LogP contribution in [0.2, 0.25) is 0 Å². The van der Waals surface area contributed by atoms with Crippen LogP contribution in [0.1, 0.15) is 66.1 Å². The molecule has 0 fully saturated rings. The molecule has 0 aromatic carbocycles. The molecule has 0 radical (unpaired) electrons. The molecule has 0 saturated heterocycles. The zero-order valence-corrected chi connectivity index (χ0v) is 14.7. The third-order valence-electron chi connectivity index (χ3n) is 3.19. The largest absolute Gasteiger partial charge is 0.339 e. The fourth-order valence-electron chi connectivity index (χ4n) is 2.27. The topological polar surface area (TPSA) is 51.0 Å². The second kappa shape index (κ2) is 7.46. The minimum Gasteiger partial charge on any atom is -0.339 e. The number of likely N-dealkylation sites (N-methyl/N-ethyl adjacent to an activating group) is 1. The van der Waals surface area contributed by atoms with Crippen molar-refractivity contribution < 1.29 is 4.52 Å². The Hall–Kier alpha value is -0.550. The average Bonchev–Trinajstić information content (AvgIpc) is 2.74. The van der Waals surface area contributed by atoms with Crippen molar-refractivity contribution in [2.45, 2.75) is 70.9 Å². The van der Waals surface area contributed by atoms with Crippen LogP contribution in [0.3, 0.4) is 0 Å². The van der Waals surface area contributed by atoms with E-state index < -0.39 is 0 Å². The number of nitrogens with one attached hydrogen (secondary N) is 1. The van der Waals surface area contributed by atoms with E-state index in [4.69, 9.17) is 4.52 Å². The van der Waals surface area contributed by atoms with Gasteiger partial charge in [-0.2, -0.15) is 4.98 Å². The van der Waals surface area contributed by atoms with Crippen molar-refractivity contribution >= 4 is 11.8 Å². The molecule has 2 atom stereocenters. The van der Waals surface area contributed by atoms with Gasteiger partial charge in [-0.3, -0.25) is 0 Å². The first kappa shape index (κ1) is 17.5. The molecule has 0 bridgehead atoms. The van der Waals surface area contributed by atoms with Gasteiger partial charge in [-0.25, -0.2) is 0 Å². The van der Waals surface area contributed by atoms with E-state index >= 15 is 0 Å². The summed E-state index contributed by atoms with van der Waals surface area (Å²) in [5.74, 6) is 3.09. The Kier molecular flexibility index (Phi) is 6.52. The predicted octanol–water partition coefficient (Wildman–Crippen LogP) is 3.84. The van der Waals surface area contributed by atoms with E-state index in [2.05, 4.69) is 63.9 Å². The highest BCUT2D eigenvalue weighted by Crippen LogP contribution is 2.29. The van der Waals surface area contributed by atoms with Crippen LogP contribution in [0.4, 0.5) is 0 Å². The van der Waals surface area contributed by atoms with Crippen LogP contribution in [-0.2, 0) is 5.75 Å². The summed E-state index contributed by atoms with van der Waals surface area (Å²) >= 11 is 1.84. The van der Waals surface area contributed by atoms with Crippen molar-refractivity contribution in [2.24, 2.45) is 5.92 Å². The van der Waals surface area contributed by atoms with Gasteiger partial charge < -0.3 is 9.84 Å². The molecule has 1 N–H and O–H groups in total. The van der Waals surface area contributed by atoms with E-state index in [0.29, 0.717) is 12.0 Å². The summed E-state index contributed by atoms with van der Waals surface area (Å²) in [7, 11) is 0. The van der Waals surface area contributed by atoms with Crippen molar-refractivity contribution in [1.29, 1.82) is 0 Å². The summed E-state index contributed by atoms with van der Waals surface area (Å²) < 4.78 is 5.72. The second-order valence-corrected chi connectivity index (χ2v) is 8.37. The van der Waals surface area contributed by atoms with Gasteiger partial charge in [-0.15, -0.1) is 11.8 Å². The van der Waals surface area contributed by atoms with Crippen LogP contribution in [-0.4, -0.2) is 27.5 Å². The number of rotatable bonds is 7.